The summed E-state index contributed by atoms with van der Waals surface area (Å²) in [6.07, 6.45) is -6.83. The van der Waals surface area contributed by atoms with Crippen molar-refractivity contribution in [1.82, 2.24) is 10.9 Å². The maximum Gasteiger partial charge on any atom is 0.416 e. The van der Waals surface area contributed by atoms with E-state index >= 15 is 0 Å². The van der Waals surface area contributed by atoms with Crippen LogP contribution in [-0.2, 0) is 6.18 Å². The van der Waals surface area contributed by atoms with Crippen molar-refractivity contribution in [3.05, 3.63) is 35.4 Å². The maximum absolute atomic E-state index is 13.6. The Morgan fingerprint density at radius 1 is 1.18 bits per heavy atom. The lowest BCUT2D eigenvalue weighted by Crippen LogP contribution is -2.39. The van der Waals surface area contributed by atoms with Crippen LogP contribution in [0.25, 0.3) is 0 Å². The van der Waals surface area contributed by atoms with Gasteiger partial charge in [0.15, 0.2) is 0 Å². The standard InChI is InChI=1S/C10H11F4N3/c11-7-8(16-17-9(7)15)5-2-1-3-6(4-5)10(12,13)14/h1-4,7-9,16-17H,15H2. The molecule has 3 nitrogen and oxygen atoms in total. The third-order valence-electron chi connectivity index (χ3n) is 2.64. The molecule has 0 radical (unpaired) electrons. The van der Waals surface area contributed by atoms with Gasteiger partial charge in [-0.1, -0.05) is 12.1 Å². The molecule has 94 valence electrons. The third-order valence-corrected chi connectivity index (χ3v) is 2.64. The molecule has 0 amide bonds. The molecule has 2 rings (SSSR count). The molecule has 1 aromatic carbocycles. The SMILES string of the molecule is NC1NNC(c2cccc(C(F)(F)F)c2)C1F. The first-order valence-corrected chi connectivity index (χ1v) is 4.97. The van der Waals surface area contributed by atoms with Crippen LogP contribution >= 0.6 is 0 Å². The number of benzene rings is 1. The molecule has 0 aromatic heterocycles. The Balaban J connectivity index is 2.28. The Bertz CT molecular complexity index is 407. The van der Waals surface area contributed by atoms with Gasteiger partial charge in [-0.15, -0.1) is 0 Å². The second-order valence-corrected chi connectivity index (χ2v) is 3.86. The fourth-order valence-electron chi connectivity index (χ4n) is 1.73. The van der Waals surface area contributed by atoms with Gasteiger partial charge in [0.25, 0.3) is 0 Å². The lowest BCUT2D eigenvalue weighted by molar-refractivity contribution is -0.137. The van der Waals surface area contributed by atoms with E-state index in [0.29, 0.717) is 0 Å². The summed E-state index contributed by atoms with van der Waals surface area (Å²) in [5.41, 5.74) is 9.75. The van der Waals surface area contributed by atoms with Crippen LogP contribution in [0.1, 0.15) is 17.2 Å². The number of hydrogen-bond acceptors (Lipinski definition) is 3. The van der Waals surface area contributed by atoms with E-state index in [2.05, 4.69) is 10.9 Å². The van der Waals surface area contributed by atoms with E-state index in [9.17, 15) is 17.6 Å². The highest BCUT2D eigenvalue weighted by atomic mass is 19.4. The van der Waals surface area contributed by atoms with Gasteiger partial charge >= 0.3 is 6.18 Å². The van der Waals surface area contributed by atoms with Crippen LogP contribution in [0.2, 0.25) is 0 Å². The van der Waals surface area contributed by atoms with Gasteiger partial charge in [0.05, 0.1) is 11.6 Å². The molecule has 1 fully saturated rings. The van der Waals surface area contributed by atoms with Crippen LogP contribution in [0.4, 0.5) is 17.6 Å². The van der Waals surface area contributed by atoms with Gasteiger partial charge in [0.2, 0.25) is 0 Å². The van der Waals surface area contributed by atoms with Crippen LogP contribution in [0.15, 0.2) is 24.3 Å². The Kier molecular flexibility index (Phi) is 3.07. The molecule has 3 atom stereocenters. The largest absolute Gasteiger partial charge is 0.416 e. The Morgan fingerprint density at radius 2 is 1.88 bits per heavy atom. The molecule has 7 heteroatoms. The normalized spacial score (nSPS) is 29.6. The number of rotatable bonds is 1. The summed E-state index contributed by atoms with van der Waals surface area (Å²) in [5, 5.41) is 0. The van der Waals surface area contributed by atoms with E-state index in [4.69, 9.17) is 5.73 Å². The molecule has 1 aliphatic rings. The first-order valence-electron chi connectivity index (χ1n) is 4.97. The Labute approximate surface area is 95.0 Å². The van der Waals surface area contributed by atoms with Crippen molar-refractivity contribution < 1.29 is 17.6 Å². The summed E-state index contributed by atoms with van der Waals surface area (Å²) in [4.78, 5) is 0. The second kappa shape index (κ2) is 4.25. The average Bonchev–Trinajstić information content (AvgIpc) is 2.59. The van der Waals surface area contributed by atoms with Crippen LogP contribution in [0, 0.1) is 0 Å². The fraction of sp³-hybridized carbons (Fsp3) is 0.400. The van der Waals surface area contributed by atoms with Gasteiger partial charge in [-0.2, -0.15) is 13.2 Å². The molecule has 1 aliphatic heterocycles. The van der Waals surface area contributed by atoms with E-state index in [1.165, 1.54) is 12.1 Å². The Hall–Kier alpha value is -1.18. The molecule has 1 aromatic rings. The summed E-state index contributed by atoms with van der Waals surface area (Å²) in [6, 6.07) is 3.67. The molecule has 3 unspecified atom stereocenters. The predicted molar refractivity (Wildman–Crippen MR) is 53.3 cm³/mol. The fourth-order valence-corrected chi connectivity index (χ4v) is 1.73. The van der Waals surface area contributed by atoms with Gasteiger partial charge in [-0.05, 0) is 17.7 Å². The molecule has 0 aliphatic carbocycles. The van der Waals surface area contributed by atoms with E-state index in [0.717, 1.165) is 12.1 Å². The van der Waals surface area contributed by atoms with E-state index in [1.54, 1.807) is 0 Å². The maximum atomic E-state index is 13.6. The van der Waals surface area contributed by atoms with Gasteiger partial charge in [0, 0.05) is 0 Å². The topological polar surface area (TPSA) is 50.1 Å². The second-order valence-electron chi connectivity index (χ2n) is 3.86. The van der Waals surface area contributed by atoms with Crippen molar-refractivity contribution in [2.24, 2.45) is 5.73 Å². The van der Waals surface area contributed by atoms with E-state index in [-0.39, 0.29) is 5.56 Å². The van der Waals surface area contributed by atoms with E-state index in [1.807, 2.05) is 0 Å². The lowest BCUT2D eigenvalue weighted by atomic mass is 10.0. The summed E-state index contributed by atoms with van der Waals surface area (Å²) >= 11 is 0. The number of hydrazine groups is 1. The Morgan fingerprint density at radius 3 is 2.41 bits per heavy atom. The first kappa shape index (κ1) is 12.3. The van der Waals surface area contributed by atoms with Gasteiger partial charge < -0.3 is 5.73 Å². The van der Waals surface area contributed by atoms with E-state index < -0.39 is 30.1 Å². The van der Waals surface area contributed by atoms with Crippen molar-refractivity contribution in [3.63, 3.8) is 0 Å². The molecule has 1 heterocycles. The average molecular weight is 249 g/mol. The number of nitrogens with two attached hydrogens (primary N) is 1. The molecule has 0 saturated carbocycles. The zero-order chi connectivity index (χ0) is 12.6. The molecule has 0 spiro atoms. The predicted octanol–water partition coefficient (Wildman–Crippen LogP) is 1.48. The van der Waals surface area contributed by atoms with Gasteiger partial charge in [-0.3, -0.25) is 0 Å². The summed E-state index contributed by atoms with van der Waals surface area (Å²) in [7, 11) is 0. The monoisotopic (exact) mass is 249 g/mol. The minimum absolute atomic E-state index is 0.216. The zero-order valence-corrected chi connectivity index (χ0v) is 8.63. The van der Waals surface area contributed by atoms with Crippen molar-refractivity contribution in [2.75, 3.05) is 0 Å². The van der Waals surface area contributed by atoms with Crippen LogP contribution in [-0.4, -0.2) is 12.3 Å². The van der Waals surface area contributed by atoms with Crippen molar-refractivity contribution in [3.8, 4) is 0 Å². The highest BCUT2D eigenvalue weighted by molar-refractivity contribution is 5.29. The summed E-state index contributed by atoms with van der Waals surface area (Å²) in [5.74, 6) is 0. The van der Waals surface area contributed by atoms with Crippen molar-refractivity contribution >= 4 is 0 Å². The summed E-state index contributed by atoms with van der Waals surface area (Å²) < 4.78 is 51.0. The number of nitrogens with one attached hydrogen (secondary N) is 2. The lowest BCUT2D eigenvalue weighted by Gasteiger charge is -2.15. The molecule has 4 N–H and O–H groups in total. The number of hydrogen-bond donors (Lipinski definition) is 3. The zero-order valence-electron chi connectivity index (χ0n) is 8.63. The quantitative estimate of drug-likeness (QED) is 0.661. The highest BCUT2D eigenvalue weighted by Gasteiger charge is 2.36. The number of halogens is 4. The first-order chi connectivity index (χ1) is 7.89. The molecular formula is C10H11F4N3. The van der Waals surface area contributed by atoms with Gasteiger partial charge in [0.1, 0.15) is 12.3 Å². The van der Waals surface area contributed by atoms with Crippen LogP contribution in [0.3, 0.4) is 0 Å². The molecule has 17 heavy (non-hydrogen) atoms. The third kappa shape index (κ3) is 2.41. The minimum Gasteiger partial charge on any atom is -0.312 e. The van der Waals surface area contributed by atoms with Crippen molar-refractivity contribution in [2.45, 2.75) is 24.6 Å². The minimum atomic E-state index is -4.43. The van der Waals surface area contributed by atoms with Crippen LogP contribution in [0.5, 0.6) is 0 Å². The van der Waals surface area contributed by atoms with Gasteiger partial charge in [-0.25, -0.2) is 15.2 Å². The summed E-state index contributed by atoms with van der Waals surface area (Å²) in [6.45, 7) is 0. The number of alkyl halides is 4. The van der Waals surface area contributed by atoms with Crippen LogP contribution < -0.4 is 16.6 Å². The smallest absolute Gasteiger partial charge is 0.312 e. The molecular weight excluding hydrogens is 238 g/mol. The molecule has 0 bridgehead atoms. The van der Waals surface area contributed by atoms with Crippen molar-refractivity contribution in [1.29, 1.82) is 0 Å². The molecule has 1 saturated heterocycles. The highest BCUT2D eigenvalue weighted by Crippen LogP contribution is 2.32.